The van der Waals surface area contributed by atoms with E-state index in [4.69, 9.17) is 4.74 Å². The van der Waals surface area contributed by atoms with Crippen LogP contribution in [0.5, 0.6) is 5.75 Å². The maximum Gasteiger partial charge on any atom is 0.122 e. The van der Waals surface area contributed by atoms with Crippen molar-refractivity contribution in [1.29, 1.82) is 0 Å². The Labute approximate surface area is 121 Å². The molecule has 0 bridgehead atoms. The first-order chi connectivity index (χ1) is 8.72. The van der Waals surface area contributed by atoms with Crippen LogP contribution in [0.1, 0.15) is 25.0 Å². The number of hydrogen-bond acceptors (Lipinski definition) is 3. The van der Waals surface area contributed by atoms with E-state index in [2.05, 4.69) is 42.3 Å². The van der Waals surface area contributed by atoms with Crippen molar-refractivity contribution in [2.75, 3.05) is 19.7 Å². The van der Waals surface area contributed by atoms with E-state index in [0.717, 1.165) is 38.4 Å². The van der Waals surface area contributed by atoms with Gasteiger partial charge < -0.3 is 10.1 Å². The minimum atomic E-state index is 0. The minimum absolute atomic E-state index is 0. The Bertz CT molecular complexity index is 438. The zero-order valence-corrected chi connectivity index (χ0v) is 12.5. The zero-order valence-electron chi connectivity index (χ0n) is 11.7. The predicted molar refractivity (Wildman–Crippen MR) is 80.2 cm³/mol. The molecule has 2 aliphatic heterocycles. The molecule has 2 atom stereocenters. The van der Waals surface area contributed by atoms with Crippen LogP contribution in [0.3, 0.4) is 0 Å². The van der Waals surface area contributed by atoms with Crippen molar-refractivity contribution in [2.24, 2.45) is 0 Å². The number of piperazine rings is 1. The lowest BCUT2D eigenvalue weighted by Crippen LogP contribution is -2.53. The average molecular weight is 283 g/mol. The maximum atomic E-state index is 5.56. The Kier molecular flexibility index (Phi) is 4.71. The maximum absolute atomic E-state index is 5.56. The summed E-state index contributed by atoms with van der Waals surface area (Å²) in [5, 5.41) is 3.53. The van der Waals surface area contributed by atoms with E-state index >= 15 is 0 Å². The Balaban J connectivity index is 0.00000133. The van der Waals surface area contributed by atoms with Gasteiger partial charge in [0.2, 0.25) is 0 Å². The van der Waals surface area contributed by atoms with Gasteiger partial charge in [-0.25, -0.2) is 0 Å². The van der Waals surface area contributed by atoms with Gasteiger partial charge in [0.15, 0.2) is 0 Å². The third-order valence-corrected chi connectivity index (χ3v) is 4.03. The Morgan fingerprint density at radius 3 is 3.05 bits per heavy atom. The molecule has 19 heavy (non-hydrogen) atoms. The van der Waals surface area contributed by atoms with Gasteiger partial charge in [-0.3, -0.25) is 4.90 Å². The van der Waals surface area contributed by atoms with E-state index in [1.165, 1.54) is 11.1 Å². The average Bonchev–Trinajstić information content (AvgIpc) is 2.81. The number of fused-ring (bicyclic) bond motifs is 1. The van der Waals surface area contributed by atoms with Crippen molar-refractivity contribution in [3.05, 3.63) is 29.3 Å². The summed E-state index contributed by atoms with van der Waals surface area (Å²) in [6.45, 7) is 8.69. The number of hydrogen-bond donors (Lipinski definition) is 1. The molecule has 0 aliphatic carbocycles. The fourth-order valence-corrected chi connectivity index (χ4v) is 2.89. The van der Waals surface area contributed by atoms with Crippen LogP contribution in [0.15, 0.2) is 18.2 Å². The number of benzene rings is 1. The SMILES string of the molecule is CC1CN(Cc2ccc3c(c2)CCO3)C(C)CN1.Cl. The summed E-state index contributed by atoms with van der Waals surface area (Å²) in [6, 6.07) is 7.88. The lowest BCUT2D eigenvalue weighted by Gasteiger charge is -2.37. The second kappa shape index (κ2) is 6.12. The molecule has 1 aromatic rings. The molecule has 3 nitrogen and oxygen atoms in total. The fraction of sp³-hybridized carbons (Fsp3) is 0.600. The van der Waals surface area contributed by atoms with Crippen molar-refractivity contribution >= 4 is 12.4 Å². The fourth-order valence-electron chi connectivity index (χ4n) is 2.89. The van der Waals surface area contributed by atoms with Crippen molar-refractivity contribution in [2.45, 2.75) is 38.9 Å². The van der Waals surface area contributed by atoms with Gasteiger partial charge in [-0.15, -0.1) is 12.4 Å². The number of rotatable bonds is 2. The molecule has 0 aromatic heterocycles. The van der Waals surface area contributed by atoms with Crippen LogP contribution >= 0.6 is 12.4 Å². The van der Waals surface area contributed by atoms with E-state index < -0.39 is 0 Å². The topological polar surface area (TPSA) is 24.5 Å². The molecule has 2 unspecified atom stereocenters. The molecular formula is C15H23ClN2O. The van der Waals surface area contributed by atoms with E-state index in [0.29, 0.717) is 12.1 Å². The largest absolute Gasteiger partial charge is 0.493 e. The highest BCUT2D eigenvalue weighted by molar-refractivity contribution is 5.85. The molecule has 0 amide bonds. The van der Waals surface area contributed by atoms with Crippen molar-refractivity contribution in [3.63, 3.8) is 0 Å². The van der Waals surface area contributed by atoms with Crippen LogP contribution in [0.4, 0.5) is 0 Å². The summed E-state index contributed by atoms with van der Waals surface area (Å²) in [4.78, 5) is 2.57. The summed E-state index contributed by atoms with van der Waals surface area (Å²) in [5.74, 6) is 1.08. The van der Waals surface area contributed by atoms with Crippen molar-refractivity contribution in [3.8, 4) is 5.75 Å². The first-order valence-corrected chi connectivity index (χ1v) is 6.94. The predicted octanol–water partition coefficient (Wildman–Crippen LogP) is 2.23. The van der Waals surface area contributed by atoms with Crippen LogP contribution in [0, 0.1) is 0 Å². The van der Waals surface area contributed by atoms with Crippen LogP contribution in [-0.4, -0.2) is 36.7 Å². The molecule has 0 radical (unpaired) electrons. The van der Waals surface area contributed by atoms with Crippen LogP contribution in [-0.2, 0) is 13.0 Å². The summed E-state index contributed by atoms with van der Waals surface area (Å²) in [5.41, 5.74) is 2.79. The smallest absolute Gasteiger partial charge is 0.122 e. The molecule has 1 fully saturated rings. The normalized spacial score (nSPS) is 26.4. The highest BCUT2D eigenvalue weighted by atomic mass is 35.5. The van der Waals surface area contributed by atoms with Gasteiger partial charge in [-0.2, -0.15) is 0 Å². The number of ether oxygens (including phenoxy) is 1. The lowest BCUT2D eigenvalue weighted by atomic mass is 10.1. The Morgan fingerprint density at radius 2 is 2.21 bits per heavy atom. The van der Waals surface area contributed by atoms with Gasteiger partial charge in [0, 0.05) is 38.1 Å². The molecular weight excluding hydrogens is 260 g/mol. The van der Waals surface area contributed by atoms with E-state index in [1.54, 1.807) is 0 Å². The van der Waals surface area contributed by atoms with Gasteiger partial charge in [-0.05, 0) is 31.0 Å². The van der Waals surface area contributed by atoms with Gasteiger partial charge in [0.25, 0.3) is 0 Å². The third-order valence-electron chi connectivity index (χ3n) is 4.03. The number of nitrogens with one attached hydrogen (secondary N) is 1. The molecule has 106 valence electrons. The van der Waals surface area contributed by atoms with Gasteiger partial charge in [0.05, 0.1) is 6.61 Å². The quantitative estimate of drug-likeness (QED) is 0.900. The summed E-state index contributed by atoms with van der Waals surface area (Å²) < 4.78 is 5.56. The first-order valence-electron chi connectivity index (χ1n) is 6.94. The summed E-state index contributed by atoms with van der Waals surface area (Å²) >= 11 is 0. The molecule has 0 spiro atoms. The summed E-state index contributed by atoms with van der Waals surface area (Å²) in [7, 11) is 0. The Morgan fingerprint density at radius 1 is 1.37 bits per heavy atom. The molecule has 1 aromatic carbocycles. The lowest BCUT2D eigenvalue weighted by molar-refractivity contribution is 0.139. The van der Waals surface area contributed by atoms with Crippen molar-refractivity contribution in [1.82, 2.24) is 10.2 Å². The highest BCUT2D eigenvalue weighted by Crippen LogP contribution is 2.26. The van der Waals surface area contributed by atoms with Crippen LogP contribution in [0.2, 0.25) is 0 Å². The second-order valence-corrected chi connectivity index (χ2v) is 5.63. The van der Waals surface area contributed by atoms with Gasteiger partial charge in [-0.1, -0.05) is 12.1 Å². The monoisotopic (exact) mass is 282 g/mol. The molecule has 1 saturated heterocycles. The van der Waals surface area contributed by atoms with Crippen LogP contribution < -0.4 is 10.1 Å². The van der Waals surface area contributed by atoms with E-state index in [1.807, 2.05) is 0 Å². The van der Waals surface area contributed by atoms with Gasteiger partial charge >= 0.3 is 0 Å². The molecule has 1 N–H and O–H groups in total. The summed E-state index contributed by atoms with van der Waals surface area (Å²) in [6.07, 6.45) is 1.07. The molecule has 2 heterocycles. The number of halogens is 1. The zero-order chi connectivity index (χ0) is 12.5. The molecule has 0 saturated carbocycles. The van der Waals surface area contributed by atoms with Crippen LogP contribution in [0.25, 0.3) is 0 Å². The second-order valence-electron chi connectivity index (χ2n) is 5.63. The molecule has 2 aliphatic rings. The first kappa shape index (κ1) is 14.6. The van der Waals surface area contributed by atoms with E-state index in [-0.39, 0.29) is 12.4 Å². The minimum Gasteiger partial charge on any atom is -0.493 e. The van der Waals surface area contributed by atoms with Gasteiger partial charge in [0.1, 0.15) is 5.75 Å². The van der Waals surface area contributed by atoms with E-state index in [9.17, 15) is 0 Å². The Hall–Kier alpha value is -0.770. The third kappa shape index (κ3) is 3.22. The number of nitrogens with zero attached hydrogens (tertiary/aromatic N) is 1. The molecule has 3 rings (SSSR count). The van der Waals surface area contributed by atoms with Crippen molar-refractivity contribution < 1.29 is 4.74 Å². The highest BCUT2D eigenvalue weighted by Gasteiger charge is 2.22. The molecule has 4 heteroatoms. The standard InChI is InChI=1S/C15H22N2O.ClH/c1-11-9-17(12(2)8-16-11)10-13-3-4-15-14(7-13)5-6-18-15;/h3-4,7,11-12,16H,5-6,8-10H2,1-2H3;1H.